The summed E-state index contributed by atoms with van der Waals surface area (Å²) >= 11 is 5.05. The second-order valence-corrected chi connectivity index (χ2v) is 3.54. The van der Waals surface area contributed by atoms with Crippen molar-refractivity contribution in [3.05, 3.63) is 28.6 Å². The Labute approximate surface area is 103 Å². The third kappa shape index (κ3) is 2.94. The largest absolute Gasteiger partial charge is 0.433 e. The zero-order chi connectivity index (χ0) is 14.1. The molecule has 0 aliphatic rings. The first kappa shape index (κ1) is 14.8. The number of nitrogens with zero attached hydrogens (tertiary/aromatic N) is 1. The van der Waals surface area contributed by atoms with Gasteiger partial charge in [-0.25, -0.2) is 13.8 Å². The predicted octanol–water partition coefficient (Wildman–Crippen LogP) is 2.88. The highest BCUT2D eigenvalue weighted by molar-refractivity contribution is 6.67. The van der Waals surface area contributed by atoms with E-state index in [-0.39, 0.29) is 0 Å². The van der Waals surface area contributed by atoms with Crippen LogP contribution in [0.15, 0.2) is 6.07 Å². The molecule has 2 N–H and O–H groups in total. The summed E-state index contributed by atoms with van der Waals surface area (Å²) in [7, 11) is 0. The highest BCUT2D eigenvalue weighted by Crippen LogP contribution is 2.33. The van der Waals surface area contributed by atoms with Gasteiger partial charge in [-0.1, -0.05) is 0 Å². The van der Waals surface area contributed by atoms with Crippen LogP contribution in [0.3, 0.4) is 0 Å². The summed E-state index contributed by atoms with van der Waals surface area (Å²) < 4.78 is 62.4. The third-order valence-electron chi connectivity index (χ3n) is 2.07. The van der Waals surface area contributed by atoms with E-state index in [0.29, 0.717) is 6.07 Å². The Kier molecular flexibility index (Phi) is 4.23. The van der Waals surface area contributed by atoms with E-state index < -0.39 is 46.9 Å². The number of pyridine rings is 1. The molecule has 1 heterocycles. The van der Waals surface area contributed by atoms with Gasteiger partial charge in [0.2, 0.25) is 0 Å². The second kappa shape index (κ2) is 5.15. The molecule has 0 aromatic carbocycles. The molecule has 0 amide bonds. The molecule has 0 unspecified atom stereocenters. The van der Waals surface area contributed by atoms with Gasteiger partial charge < -0.3 is 5.73 Å². The summed E-state index contributed by atoms with van der Waals surface area (Å²) in [5, 5.41) is -1.30. The van der Waals surface area contributed by atoms with Gasteiger partial charge in [0, 0.05) is 17.7 Å². The highest BCUT2D eigenvalue weighted by Gasteiger charge is 2.35. The Morgan fingerprint density at radius 3 is 2.33 bits per heavy atom. The minimum Gasteiger partial charge on any atom is -0.326 e. The number of hydrogen-bond acceptors (Lipinski definition) is 3. The van der Waals surface area contributed by atoms with Gasteiger partial charge in [-0.2, -0.15) is 13.2 Å². The lowest BCUT2D eigenvalue weighted by molar-refractivity contribution is -0.141. The van der Waals surface area contributed by atoms with Gasteiger partial charge in [0.05, 0.1) is 0 Å². The number of carbonyl (C=O) groups excluding carboxylic acids is 1. The summed E-state index contributed by atoms with van der Waals surface area (Å²) in [4.78, 5) is 13.7. The maximum Gasteiger partial charge on any atom is 0.433 e. The number of carbonyl (C=O) groups is 1. The number of aromatic nitrogens is 1. The van der Waals surface area contributed by atoms with Gasteiger partial charge in [0.15, 0.2) is 0 Å². The molecule has 0 aliphatic heterocycles. The van der Waals surface area contributed by atoms with Crippen molar-refractivity contribution in [2.24, 2.45) is 5.73 Å². The van der Waals surface area contributed by atoms with Gasteiger partial charge in [-0.15, -0.1) is 0 Å². The molecule has 0 spiro atoms. The first-order valence-corrected chi connectivity index (χ1v) is 4.85. The molecule has 0 bridgehead atoms. The summed E-state index contributed by atoms with van der Waals surface area (Å²) in [6.45, 7) is -0.571. The lowest BCUT2D eigenvalue weighted by Gasteiger charge is -2.14. The number of nitrogens with two attached hydrogens (primary N) is 1. The van der Waals surface area contributed by atoms with Crippen molar-refractivity contribution in [1.29, 1.82) is 0 Å². The Morgan fingerprint density at radius 1 is 1.44 bits per heavy atom. The average Bonchev–Trinajstić information content (AvgIpc) is 2.25. The van der Waals surface area contributed by atoms with Gasteiger partial charge >= 0.3 is 6.18 Å². The monoisotopic (exact) mass is 288 g/mol. The SMILES string of the molecule is NCc1c(C(=O)Cl)cc(C(F)(F)F)nc1C(F)F. The number of halogens is 6. The minimum atomic E-state index is -4.96. The van der Waals surface area contributed by atoms with E-state index in [1.807, 2.05) is 0 Å². The van der Waals surface area contributed by atoms with Gasteiger partial charge in [0.1, 0.15) is 11.4 Å². The van der Waals surface area contributed by atoms with Crippen LogP contribution in [0, 0.1) is 0 Å². The van der Waals surface area contributed by atoms with E-state index in [2.05, 4.69) is 4.98 Å². The van der Waals surface area contributed by atoms with Crippen LogP contribution < -0.4 is 5.73 Å². The lowest BCUT2D eigenvalue weighted by Crippen LogP contribution is -2.17. The zero-order valence-corrected chi connectivity index (χ0v) is 9.32. The highest BCUT2D eigenvalue weighted by atomic mass is 35.5. The molecule has 0 fully saturated rings. The topological polar surface area (TPSA) is 56.0 Å². The van der Waals surface area contributed by atoms with Gasteiger partial charge in [-0.05, 0) is 17.7 Å². The molecule has 1 aromatic heterocycles. The molecular weight excluding hydrogens is 283 g/mol. The average molecular weight is 289 g/mol. The summed E-state index contributed by atoms with van der Waals surface area (Å²) in [5.74, 6) is 0. The van der Waals surface area contributed by atoms with E-state index >= 15 is 0 Å². The van der Waals surface area contributed by atoms with Crippen LogP contribution in [0.25, 0.3) is 0 Å². The van der Waals surface area contributed by atoms with Crippen molar-refractivity contribution in [3.63, 3.8) is 0 Å². The van der Waals surface area contributed by atoms with Crippen molar-refractivity contribution in [2.75, 3.05) is 0 Å². The van der Waals surface area contributed by atoms with Crippen LogP contribution in [0.4, 0.5) is 22.0 Å². The molecule has 18 heavy (non-hydrogen) atoms. The standard InChI is InChI=1S/C9H6ClF5N2O/c10-7(18)3-1-5(9(13,14)15)17-6(8(11)12)4(3)2-16/h1,8H,2,16H2. The smallest absolute Gasteiger partial charge is 0.326 e. The van der Waals surface area contributed by atoms with Crippen molar-refractivity contribution in [3.8, 4) is 0 Å². The molecule has 3 nitrogen and oxygen atoms in total. The van der Waals surface area contributed by atoms with E-state index in [1.54, 1.807) is 0 Å². The molecular formula is C9H6ClF5N2O. The molecule has 1 rings (SSSR count). The van der Waals surface area contributed by atoms with E-state index in [0.717, 1.165) is 0 Å². The van der Waals surface area contributed by atoms with E-state index in [4.69, 9.17) is 17.3 Å². The molecule has 9 heteroatoms. The fourth-order valence-electron chi connectivity index (χ4n) is 1.31. The number of hydrogen-bond donors (Lipinski definition) is 1. The Hall–Kier alpha value is -1.28. The van der Waals surface area contributed by atoms with Crippen LogP contribution in [-0.4, -0.2) is 10.2 Å². The first-order valence-electron chi connectivity index (χ1n) is 4.47. The fourth-order valence-corrected chi connectivity index (χ4v) is 1.48. The zero-order valence-electron chi connectivity index (χ0n) is 8.56. The van der Waals surface area contributed by atoms with Crippen molar-refractivity contribution in [2.45, 2.75) is 19.1 Å². The Balaban J connectivity index is 3.59. The normalized spacial score (nSPS) is 12.0. The van der Waals surface area contributed by atoms with Gasteiger partial charge in [0.25, 0.3) is 11.7 Å². The van der Waals surface area contributed by atoms with Crippen LogP contribution in [0.5, 0.6) is 0 Å². The quantitative estimate of drug-likeness (QED) is 0.687. The molecule has 0 saturated carbocycles. The molecule has 100 valence electrons. The maximum atomic E-state index is 12.6. The molecule has 0 aliphatic carbocycles. The van der Waals surface area contributed by atoms with Crippen LogP contribution in [-0.2, 0) is 12.7 Å². The fraction of sp³-hybridized carbons (Fsp3) is 0.333. The third-order valence-corrected chi connectivity index (χ3v) is 2.27. The number of alkyl halides is 5. The lowest BCUT2D eigenvalue weighted by atomic mass is 10.1. The minimum absolute atomic E-state index is 0.309. The van der Waals surface area contributed by atoms with Crippen molar-refractivity contribution < 1.29 is 26.7 Å². The maximum absolute atomic E-state index is 12.6. The van der Waals surface area contributed by atoms with Crippen LogP contribution in [0.1, 0.15) is 33.7 Å². The van der Waals surface area contributed by atoms with E-state index in [1.165, 1.54) is 0 Å². The second-order valence-electron chi connectivity index (χ2n) is 3.20. The summed E-state index contributed by atoms with van der Waals surface area (Å²) in [6, 6.07) is 0.309. The number of rotatable bonds is 3. The first-order chi connectivity index (χ1) is 8.18. The Bertz CT molecular complexity index is 475. The summed E-state index contributed by atoms with van der Waals surface area (Å²) in [6.07, 6.45) is -8.25. The van der Waals surface area contributed by atoms with Crippen LogP contribution in [0.2, 0.25) is 0 Å². The Morgan fingerprint density at radius 2 is 2.00 bits per heavy atom. The van der Waals surface area contributed by atoms with Crippen molar-refractivity contribution in [1.82, 2.24) is 4.98 Å². The van der Waals surface area contributed by atoms with E-state index in [9.17, 15) is 26.7 Å². The molecule has 0 radical (unpaired) electrons. The van der Waals surface area contributed by atoms with Gasteiger partial charge in [-0.3, -0.25) is 4.79 Å². The van der Waals surface area contributed by atoms with Crippen molar-refractivity contribution >= 4 is 16.8 Å². The summed E-state index contributed by atoms with van der Waals surface area (Å²) in [5.41, 5.74) is 1.13. The molecule has 0 saturated heterocycles. The molecule has 1 aromatic rings. The molecule has 0 atom stereocenters. The van der Waals surface area contributed by atoms with Crippen LogP contribution >= 0.6 is 11.6 Å². The predicted molar refractivity (Wildman–Crippen MR) is 52.3 cm³/mol.